The van der Waals surface area contributed by atoms with Gasteiger partial charge >= 0.3 is 0 Å². The molecule has 0 saturated carbocycles. The van der Waals surface area contributed by atoms with Gasteiger partial charge in [0, 0.05) is 32.2 Å². The second-order valence-electron chi connectivity index (χ2n) is 5.88. The van der Waals surface area contributed by atoms with Gasteiger partial charge in [0.2, 0.25) is 0 Å². The number of nitrogens with one attached hydrogen (secondary N) is 1. The number of benzene rings is 2. The molecule has 0 aromatic heterocycles. The van der Waals surface area contributed by atoms with E-state index in [1.807, 2.05) is 12.1 Å². The second-order valence-corrected chi connectivity index (χ2v) is 5.88. The molecule has 2 aromatic carbocycles. The van der Waals surface area contributed by atoms with Gasteiger partial charge in [-0.05, 0) is 29.7 Å². The van der Waals surface area contributed by atoms with Gasteiger partial charge in [-0.2, -0.15) is 5.26 Å². The van der Waals surface area contributed by atoms with Crippen molar-refractivity contribution in [3.63, 3.8) is 0 Å². The lowest BCUT2D eigenvalue weighted by Crippen LogP contribution is -2.51. The van der Waals surface area contributed by atoms with Gasteiger partial charge in [-0.3, -0.25) is 4.90 Å². The molecule has 1 N–H and O–H groups in total. The first kappa shape index (κ1) is 14.8. The first-order valence-electron chi connectivity index (χ1n) is 7.82. The molecule has 22 heavy (non-hydrogen) atoms. The Bertz CT molecular complexity index is 628. The van der Waals surface area contributed by atoms with E-state index < -0.39 is 0 Å². The van der Waals surface area contributed by atoms with Crippen LogP contribution in [-0.2, 0) is 13.0 Å². The van der Waals surface area contributed by atoms with Gasteiger partial charge in [-0.25, -0.2) is 0 Å². The smallest absolute Gasteiger partial charge is 0.0991 e. The Morgan fingerprint density at radius 3 is 2.55 bits per heavy atom. The number of hydrogen-bond acceptors (Lipinski definition) is 3. The molecule has 1 fully saturated rings. The molecule has 1 aliphatic heterocycles. The van der Waals surface area contributed by atoms with E-state index in [-0.39, 0.29) is 0 Å². The Hall–Kier alpha value is -2.15. The van der Waals surface area contributed by atoms with Gasteiger partial charge in [0.15, 0.2) is 0 Å². The molecule has 2 aromatic rings. The summed E-state index contributed by atoms with van der Waals surface area (Å²) in [6.45, 7) is 4.22. The highest BCUT2D eigenvalue weighted by molar-refractivity contribution is 5.32. The van der Waals surface area contributed by atoms with Gasteiger partial charge in [-0.15, -0.1) is 0 Å². The number of hydrogen-bond donors (Lipinski definition) is 1. The Labute approximate surface area is 132 Å². The van der Waals surface area contributed by atoms with Crippen LogP contribution in [0.3, 0.4) is 0 Å². The van der Waals surface area contributed by atoms with Gasteiger partial charge < -0.3 is 5.32 Å². The number of nitriles is 1. The molecule has 3 rings (SSSR count). The molecule has 0 spiro atoms. The fourth-order valence-electron chi connectivity index (χ4n) is 3.02. The molecule has 1 saturated heterocycles. The number of nitrogens with zero attached hydrogens (tertiary/aromatic N) is 2. The van der Waals surface area contributed by atoms with E-state index in [0.29, 0.717) is 6.04 Å². The second kappa shape index (κ2) is 7.22. The summed E-state index contributed by atoms with van der Waals surface area (Å²) >= 11 is 0. The lowest BCUT2D eigenvalue weighted by molar-refractivity contribution is 0.192. The number of piperazine rings is 1. The molecule has 0 aliphatic carbocycles. The molecule has 112 valence electrons. The lowest BCUT2D eigenvalue weighted by atomic mass is 10.0. The Morgan fingerprint density at radius 2 is 1.82 bits per heavy atom. The largest absolute Gasteiger partial charge is 0.311 e. The topological polar surface area (TPSA) is 39.1 Å². The minimum Gasteiger partial charge on any atom is -0.311 e. The van der Waals surface area contributed by atoms with Gasteiger partial charge in [0.05, 0.1) is 11.6 Å². The monoisotopic (exact) mass is 291 g/mol. The fraction of sp³-hybridized carbons (Fsp3) is 0.316. The van der Waals surface area contributed by atoms with Crippen molar-refractivity contribution in [3.8, 4) is 6.07 Å². The average molecular weight is 291 g/mol. The maximum atomic E-state index is 8.86. The minimum absolute atomic E-state index is 0.477. The van der Waals surface area contributed by atoms with E-state index in [1.165, 1.54) is 11.1 Å². The van der Waals surface area contributed by atoms with E-state index in [2.05, 4.69) is 58.8 Å². The third-order valence-electron chi connectivity index (χ3n) is 4.15. The molecular formula is C19H21N3. The summed E-state index contributed by atoms with van der Waals surface area (Å²) in [6.07, 6.45) is 1.01. The van der Waals surface area contributed by atoms with Crippen molar-refractivity contribution < 1.29 is 0 Å². The Balaban J connectivity index is 1.57. The van der Waals surface area contributed by atoms with Crippen molar-refractivity contribution in [2.75, 3.05) is 19.6 Å². The van der Waals surface area contributed by atoms with Crippen LogP contribution in [0.25, 0.3) is 0 Å². The van der Waals surface area contributed by atoms with Crippen LogP contribution in [0, 0.1) is 11.3 Å². The first-order valence-corrected chi connectivity index (χ1v) is 7.82. The van der Waals surface area contributed by atoms with E-state index in [4.69, 9.17) is 5.26 Å². The summed E-state index contributed by atoms with van der Waals surface area (Å²) in [5.41, 5.74) is 3.39. The fourth-order valence-corrected chi connectivity index (χ4v) is 3.02. The zero-order valence-corrected chi connectivity index (χ0v) is 12.7. The molecule has 0 amide bonds. The SMILES string of the molecule is N#Cc1ccc(C[C@@H]2CN(Cc3ccccc3)CCN2)cc1. The van der Waals surface area contributed by atoms with Crippen molar-refractivity contribution in [1.82, 2.24) is 10.2 Å². The van der Waals surface area contributed by atoms with Crippen LogP contribution in [0.4, 0.5) is 0 Å². The van der Waals surface area contributed by atoms with E-state index >= 15 is 0 Å². The quantitative estimate of drug-likeness (QED) is 0.941. The van der Waals surface area contributed by atoms with E-state index in [0.717, 1.165) is 38.2 Å². The van der Waals surface area contributed by atoms with Crippen molar-refractivity contribution in [1.29, 1.82) is 5.26 Å². The van der Waals surface area contributed by atoms with E-state index in [9.17, 15) is 0 Å². The predicted octanol–water partition coefficient (Wildman–Crippen LogP) is 2.57. The third-order valence-corrected chi connectivity index (χ3v) is 4.15. The zero-order chi connectivity index (χ0) is 15.2. The highest BCUT2D eigenvalue weighted by atomic mass is 15.2. The summed E-state index contributed by atoms with van der Waals surface area (Å²) < 4.78 is 0. The lowest BCUT2D eigenvalue weighted by Gasteiger charge is -2.34. The zero-order valence-electron chi connectivity index (χ0n) is 12.7. The van der Waals surface area contributed by atoms with E-state index in [1.54, 1.807) is 0 Å². The molecule has 0 unspecified atom stereocenters. The normalized spacial score (nSPS) is 18.8. The molecular weight excluding hydrogens is 270 g/mol. The van der Waals surface area contributed by atoms with Crippen LogP contribution in [0.2, 0.25) is 0 Å². The molecule has 1 atom stereocenters. The third kappa shape index (κ3) is 3.94. The Morgan fingerprint density at radius 1 is 1.05 bits per heavy atom. The molecule has 1 aliphatic rings. The van der Waals surface area contributed by atoms with Crippen molar-refractivity contribution in [3.05, 3.63) is 71.3 Å². The molecule has 1 heterocycles. The van der Waals surface area contributed by atoms with Gasteiger partial charge in [0.1, 0.15) is 0 Å². The molecule has 3 heteroatoms. The van der Waals surface area contributed by atoms with Crippen molar-refractivity contribution >= 4 is 0 Å². The minimum atomic E-state index is 0.477. The number of rotatable bonds is 4. The summed E-state index contributed by atoms with van der Waals surface area (Å²) in [7, 11) is 0. The average Bonchev–Trinajstić information content (AvgIpc) is 2.57. The van der Waals surface area contributed by atoms with Gasteiger partial charge in [-0.1, -0.05) is 42.5 Å². The maximum Gasteiger partial charge on any atom is 0.0991 e. The van der Waals surface area contributed by atoms with Crippen molar-refractivity contribution in [2.45, 2.75) is 19.0 Å². The first-order chi connectivity index (χ1) is 10.8. The van der Waals surface area contributed by atoms with Crippen LogP contribution in [-0.4, -0.2) is 30.6 Å². The highest BCUT2D eigenvalue weighted by Crippen LogP contribution is 2.12. The summed E-state index contributed by atoms with van der Waals surface area (Å²) in [5, 5.41) is 12.5. The summed E-state index contributed by atoms with van der Waals surface area (Å²) in [5.74, 6) is 0. The summed E-state index contributed by atoms with van der Waals surface area (Å²) in [6, 6.07) is 21.2. The molecule has 0 bridgehead atoms. The maximum absolute atomic E-state index is 8.86. The Kier molecular flexibility index (Phi) is 4.85. The van der Waals surface area contributed by atoms with Crippen molar-refractivity contribution in [2.24, 2.45) is 0 Å². The highest BCUT2D eigenvalue weighted by Gasteiger charge is 2.19. The van der Waals surface area contributed by atoms with Gasteiger partial charge in [0.25, 0.3) is 0 Å². The molecule has 0 radical (unpaired) electrons. The predicted molar refractivity (Wildman–Crippen MR) is 88.4 cm³/mol. The standard InChI is InChI=1S/C19H21N3/c20-13-17-8-6-16(7-9-17)12-19-15-22(11-10-21-19)14-18-4-2-1-3-5-18/h1-9,19,21H,10-12,14-15H2/t19-/m1/s1. The van der Waals surface area contributed by atoms with Crippen LogP contribution < -0.4 is 5.32 Å². The van der Waals surface area contributed by atoms with Crippen LogP contribution >= 0.6 is 0 Å². The van der Waals surface area contributed by atoms with Crippen LogP contribution in [0.1, 0.15) is 16.7 Å². The van der Waals surface area contributed by atoms with Crippen LogP contribution in [0.5, 0.6) is 0 Å². The summed E-state index contributed by atoms with van der Waals surface area (Å²) in [4.78, 5) is 2.51. The van der Waals surface area contributed by atoms with Crippen LogP contribution in [0.15, 0.2) is 54.6 Å². The molecule has 3 nitrogen and oxygen atoms in total.